The number of aliphatic hydroxyl groups is 1. The molecule has 1 amide bonds. The van der Waals surface area contributed by atoms with Gasteiger partial charge in [-0.05, 0) is 30.2 Å². The van der Waals surface area contributed by atoms with Crippen LogP contribution < -0.4 is 16.0 Å². The Morgan fingerprint density at radius 1 is 1.19 bits per heavy atom. The summed E-state index contributed by atoms with van der Waals surface area (Å²) in [7, 11) is 0. The van der Waals surface area contributed by atoms with Crippen LogP contribution >= 0.6 is 36.4 Å². The first-order valence-electron chi connectivity index (χ1n) is 7.91. The Labute approximate surface area is 170 Å². The minimum absolute atomic E-state index is 0. The SMILES string of the molecule is Cl.Cl.O=C(Nc1ccc(NCc2ccccc2)c(Cl)c1)C1CC(O)CN1. The number of nitrogens with one attached hydrogen (secondary N) is 3. The highest BCUT2D eigenvalue weighted by atomic mass is 35.5. The largest absolute Gasteiger partial charge is 0.392 e. The summed E-state index contributed by atoms with van der Waals surface area (Å²) in [5, 5.41) is 19.1. The minimum atomic E-state index is -0.464. The molecule has 0 spiro atoms. The molecule has 1 fully saturated rings. The molecule has 2 aromatic rings. The smallest absolute Gasteiger partial charge is 0.241 e. The minimum Gasteiger partial charge on any atom is -0.392 e. The van der Waals surface area contributed by atoms with Crippen molar-refractivity contribution < 1.29 is 9.90 Å². The average molecular weight is 419 g/mol. The Hall–Kier alpha value is -1.50. The zero-order valence-electron chi connectivity index (χ0n) is 13.9. The van der Waals surface area contributed by atoms with Gasteiger partial charge in [0.1, 0.15) is 0 Å². The third-order valence-electron chi connectivity index (χ3n) is 3.99. The summed E-state index contributed by atoms with van der Waals surface area (Å²) in [5.41, 5.74) is 2.61. The van der Waals surface area contributed by atoms with E-state index in [1.807, 2.05) is 42.5 Å². The second-order valence-electron chi connectivity index (χ2n) is 5.87. The molecule has 1 aliphatic heterocycles. The summed E-state index contributed by atoms with van der Waals surface area (Å²) in [5.74, 6) is -0.160. The molecule has 0 aliphatic carbocycles. The lowest BCUT2D eigenvalue weighted by Gasteiger charge is -2.13. The lowest BCUT2D eigenvalue weighted by Crippen LogP contribution is -2.35. The molecule has 26 heavy (non-hydrogen) atoms. The Morgan fingerprint density at radius 2 is 1.92 bits per heavy atom. The van der Waals surface area contributed by atoms with Crippen molar-refractivity contribution >= 4 is 53.7 Å². The maximum atomic E-state index is 12.1. The van der Waals surface area contributed by atoms with Crippen molar-refractivity contribution in [3.63, 3.8) is 0 Å². The number of hydrogen-bond acceptors (Lipinski definition) is 4. The van der Waals surface area contributed by atoms with Crippen LogP contribution in [0, 0.1) is 0 Å². The van der Waals surface area contributed by atoms with Gasteiger partial charge in [-0.3, -0.25) is 4.79 Å². The molecule has 0 aromatic heterocycles. The highest BCUT2D eigenvalue weighted by Crippen LogP contribution is 2.26. The summed E-state index contributed by atoms with van der Waals surface area (Å²) >= 11 is 6.29. The molecule has 0 bridgehead atoms. The number of anilines is 2. The van der Waals surface area contributed by atoms with E-state index in [-0.39, 0.29) is 36.8 Å². The van der Waals surface area contributed by atoms with Gasteiger partial charge in [0.2, 0.25) is 5.91 Å². The van der Waals surface area contributed by atoms with E-state index in [0.29, 0.717) is 30.2 Å². The number of amides is 1. The standard InChI is InChI=1S/C18H20ClN3O2.2ClH/c19-15-8-13(22-18(24)17-9-14(23)11-21-17)6-7-16(15)20-10-12-4-2-1-3-5-12;;/h1-8,14,17,20-21,23H,9-11H2,(H,22,24);2*1H. The third kappa shape index (κ3) is 6.04. The average Bonchev–Trinajstić information content (AvgIpc) is 3.02. The summed E-state index contributed by atoms with van der Waals surface area (Å²) < 4.78 is 0. The predicted molar refractivity (Wildman–Crippen MR) is 111 cm³/mol. The summed E-state index contributed by atoms with van der Waals surface area (Å²) in [6.45, 7) is 1.12. The van der Waals surface area contributed by atoms with E-state index in [2.05, 4.69) is 16.0 Å². The van der Waals surface area contributed by atoms with Gasteiger partial charge < -0.3 is 21.1 Å². The van der Waals surface area contributed by atoms with Crippen LogP contribution in [0.4, 0.5) is 11.4 Å². The van der Waals surface area contributed by atoms with Crippen molar-refractivity contribution in [3.8, 4) is 0 Å². The molecular weight excluding hydrogens is 397 g/mol. The highest BCUT2D eigenvalue weighted by molar-refractivity contribution is 6.33. The van der Waals surface area contributed by atoms with E-state index in [4.69, 9.17) is 11.6 Å². The molecule has 4 N–H and O–H groups in total. The van der Waals surface area contributed by atoms with Crippen LogP contribution in [0.2, 0.25) is 5.02 Å². The number of hydrogen-bond donors (Lipinski definition) is 4. The molecule has 3 rings (SSSR count). The van der Waals surface area contributed by atoms with Crippen molar-refractivity contribution in [3.05, 3.63) is 59.1 Å². The third-order valence-corrected chi connectivity index (χ3v) is 4.30. The summed E-state index contributed by atoms with van der Waals surface area (Å²) in [6.07, 6.45) is -0.0371. The summed E-state index contributed by atoms with van der Waals surface area (Å²) in [4.78, 5) is 12.1. The molecule has 142 valence electrons. The number of carbonyl (C=O) groups excluding carboxylic acids is 1. The normalized spacial score (nSPS) is 18.4. The van der Waals surface area contributed by atoms with Gasteiger partial charge in [-0.25, -0.2) is 0 Å². The van der Waals surface area contributed by atoms with Gasteiger partial charge in [-0.1, -0.05) is 41.9 Å². The van der Waals surface area contributed by atoms with Crippen LogP contribution in [0.15, 0.2) is 48.5 Å². The zero-order valence-corrected chi connectivity index (χ0v) is 16.3. The number of rotatable bonds is 5. The fourth-order valence-electron chi connectivity index (χ4n) is 2.68. The lowest BCUT2D eigenvalue weighted by atomic mass is 10.2. The molecule has 1 heterocycles. The predicted octanol–water partition coefficient (Wildman–Crippen LogP) is 3.46. The maximum absolute atomic E-state index is 12.1. The van der Waals surface area contributed by atoms with E-state index < -0.39 is 6.10 Å². The molecule has 2 unspecified atom stereocenters. The van der Waals surface area contributed by atoms with E-state index in [1.165, 1.54) is 0 Å². The molecule has 1 aliphatic rings. The molecule has 8 heteroatoms. The van der Waals surface area contributed by atoms with Gasteiger partial charge in [0.15, 0.2) is 0 Å². The van der Waals surface area contributed by atoms with Gasteiger partial charge in [0, 0.05) is 18.8 Å². The van der Waals surface area contributed by atoms with E-state index in [1.54, 1.807) is 6.07 Å². The van der Waals surface area contributed by atoms with Crippen LogP contribution in [0.5, 0.6) is 0 Å². The molecule has 2 atom stereocenters. The summed E-state index contributed by atoms with van der Waals surface area (Å²) in [6, 6.07) is 15.0. The topological polar surface area (TPSA) is 73.4 Å². The zero-order chi connectivity index (χ0) is 16.9. The lowest BCUT2D eigenvalue weighted by molar-refractivity contribution is -0.117. The molecule has 5 nitrogen and oxygen atoms in total. The van der Waals surface area contributed by atoms with Gasteiger partial charge >= 0.3 is 0 Å². The first-order valence-corrected chi connectivity index (χ1v) is 8.29. The van der Waals surface area contributed by atoms with Crippen LogP contribution in [-0.2, 0) is 11.3 Å². The number of aliphatic hydroxyl groups excluding tert-OH is 1. The molecular formula is C18H22Cl3N3O2. The van der Waals surface area contributed by atoms with Gasteiger partial charge in [0.05, 0.1) is 22.9 Å². The Morgan fingerprint density at radius 3 is 2.54 bits per heavy atom. The molecule has 1 saturated heterocycles. The molecule has 2 aromatic carbocycles. The van der Waals surface area contributed by atoms with Crippen molar-refractivity contribution in [1.29, 1.82) is 0 Å². The Kier molecular flexibility index (Phi) is 9.19. The van der Waals surface area contributed by atoms with Crippen molar-refractivity contribution in [1.82, 2.24) is 5.32 Å². The fraction of sp³-hybridized carbons (Fsp3) is 0.278. The van der Waals surface area contributed by atoms with E-state index in [9.17, 15) is 9.90 Å². The van der Waals surface area contributed by atoms with Crippen LogP contribution in [-0.4, -0.2) is 29.7 Å². The molecule has 0 saturated carbocycles. The maximum Gasteiger partial charge on any atom is 0.241 e. The van der Waals surface area contributed by atoms with Crippen LogP contribution in [0.25, 0.3) is 0 Å². The Bertz CT molecular complexity index is 716. The fourth-order valence-corrected chi connectivity index (χ4v) is 2.92. The second kappa shape index (κ2) is 10.6. The monoisotopic (exact) mass is 417 g/mol. The number of carbonyl (C=O) groups is 1. The number of β-amino-alcohol motifs (C(OH)–C–C–N with tert-alkyl or cyclic N) is 1. The van der Waals surface area contributed by atoms with E-state index in [0.717, 1.165) is 11.3 Å². The van der Waals surface area contributed by atoms with E-state index >= 15 is 0 Å². The molecule has 0 radical (unpaired) electrons. The first kappa shape index (κ1) is 22.5. The van der Waals surface area contributed by atoms with Crippen molar-refractivity contribution in [2.45, 2.75) is 25.1 Å². The first-order chi connectivity index (χ1) is 11.6. The second-order valence-corrected chi connectivity index (χ2v) is 6.28. The van der Waals surface area contributed by atoms with Gasteiger partial charge in [-0.2, -0.15) is 0 Å². The highest BCUT2D eigenvalue weighted by Gasteiger charge is 2.28. The quantitative estimate of drug-likeness (QED) is 0.600. The number of halogens is 3. The van der Waals surface area contributed by atoms with Gasteiger partial charge in [-0.15, -0.1) is 24.8 Å². The Balaban J connectivity index is 0.00000169. The van der Waals surface area contributed by atoms with Crippen LogP contribution in [0.3, 0.4) is 0 Å². The van der Waals surface area contributed by atoms with Crippen LogP contribution in [0.1, 0.15) is 12.0 Å². The van der Waals surface area contributed by atoms with Crippen molar-refractivity contribution in [2.24, 2.45) is 0 Å². The van der Waals surface area contributed by atoms with Crippen molar-refractivity contribution in [2.75, 3.05) is 17.2 Å². The van der Waals surface area contributed by atoms with Gasteiger partial charge in [0.25, 0.3) is 0 Å². The number of benzene rings is 2.